The molecule has 30 heavy (non-hydrogen) atoms. The molecule has 1 fully saturated rings. The van der Waals surface area contributed by atoms with Gasteiger partial charge < -0.3 is 4.52 Å². The first-order valence-corrected chi connectivity index (χ1v) is 11.8. The van der Waals surface area contributed by atoms with Crippen LogP contribution in [0.2, 0.25) is 0 Å². The van der Waals surface area contributed by atoms with Gasteiger partial charge in [-0.15, -0.1) is 0 Å². The highest BCUT2D eigenvalue weighted by atomic mass is 31.2. The zero-order valence-corrected chi connectivity index (χ0v) is 18.3. The lowest BCUT2D eigenvalue weighted by Gasteiger charge is -2.38. The van der Waals surface area contributed by atoms with Crippen molar-refractivity contribution >= 4 is 12.9 Å². The van der Waals surface area contributed by atoms with Gasteiger partial charge in [-0.1, -0.05) is 45.4 Å². The number of benzene rings is 2. The lowest BCUT2D eigenvalue weighted by molar-refractivity contribution is -0.137. The summed E-state index contributed by atoms with van der Waals surface area (Å²) in [6, 6.07) is 12.8. The Labute approximate surface area is 176 Å². The molecule has 0 heterocycles. The minimum atomic E-state index is -4.44. The summed E-state index contributed by atoms with van der Waals surface area (Å²) in [6.45, 7) is 6.40. The van der Waals surface area contributed by atoms with Gasteiger partial charge in [0.25, 0.3) is 0 Å². The van der Waals surface area contributed by atoms with Gasteiger partial charge in [0.15, 0.2) is 0 Å². The summed E-state index contributed by atoms with van der Waals surface area (Å²) in [5.74, 6) is 1.13. The Bertz CT molecular complexity index is 866. The third-order valence-corrected chi connectivity index (χ3v) is 7.65. The van der Waals surface area contributed by atoms with E-state index in [0.29, 0.717) is 17.1 Å². The van der Waals surface area contributed by atoms with Gasteiger partial charge >= 0.3 is 13.8 Å². The van der Waals surface area contributed by atoms with Crippen molar-refractivity contribution in [2.75, 3.05) is 0 Å². The lowest BCUT2D eigenvalue weighted by Crippen LogP contribution is -2.35. The fourth-order valence-electron chi connectivity index (χ4n) is 4.00. The molecule has 0 radical (unpaired) electrons. The maximum absolute atomic E-state index is 13.9. The molecular weight excluding hydrogens is 412 g/mol. The number of halogens is 3. The van der Waals surface area contributed by atoms with Crippen LogP contribution in [-0.2, 0) is 15.3 Å². The average molecular weight is 440 g/mol. The lowest BCUT2D eigenvalue weighted by atomic mass is 9.75. The van der Waals surface area contributed by atoms with E-state index in [-0.39, 0.29) is 17.8 Å². The van der Waals surface area contributed by atoms with Crippen LogP contribution in [0.3, 0.4) is 0 Å². The minimum absolute atomic E-state index is 0.0835. The van der Waals surface area contributed by atoms with Crippen LogP contribution in [0.5, 0.6) is 5.75 Å². The highest BCUT2D eigenvalue weighted by Gasteiger charge is 2.40. The first-order chi connectivity index (χ1) is 14.1. The van der Waals surface area contributed by atoms with E-state index in [4.69, 9.17) is 9.05 Å². The summed E-state index contributed by atoms with van der Waals surface area (Å²) in [5, 5.41) is 0.394. The van der Waals surface area contributed by atoms with Gasteiger partial charge in [0, 0.05) is 0 Å². The molecule has 0 aliphatic heterocycles. The van der Waals surface area contributed by atoms with Crippen molar-refractivity contribution in [3.8, 4) is 5.75 Å². The number of hydrogen-bond donors (Lipinski definition) is 0. The normalized spacial score (nSPS) is 24.4. The molecule has 2 aromatic carbocycles. The minimum Gasteiger partial charge on any atom is -0.421 e. The highest BCUT2D eigenvalue weighted by Crippen LogP contribution is 2.52. The number of alkyl halides is 3. The molecule has 4 atom stereocenters. The highest BCUT2D eigenvalue weighted by molar-refractivity contribution is 7.62. The number of rotatable bonds is 6. The van der Waals surface area contributed by atoms with Gasteiger partial charge in [-0.3, -0.25) is 4.52 Å². The Kier molecular flexibility index (Phi) is 6.98. The van der Waals surface area contributed by atoms with E-state index in [9.17, 15) is 17.7 Å². The molecule has 1 unspecified atom stereocenters. The maximum atomic E-state index is 13.9. The SMILES string of the molecule is CC(C)[C@H]1CC[C@H](C)C[C@@H]1OP(=O)(Oc1ccc(C(F)(F)F)cc1)c1ccccc1. The fourth-order valence-corrected chi connectivity index (χ4v) is 5.81. The molecule has 1 aliphatic carbocycles. The van der Waals surface area contributed by atoms with Crippen molar-refractivity contribution in [3.05, 3.63) is 60.2 Å². The average Bonchev–Trinajstić information content (AvgIpc) is 2.68. The molecule has 0 saturated heterocycles. The van der Waals surface area contributed by atoms with Crippen LogP contribution in [-0.4, -0.2) is 6.10 Å². The molecule has 7 heteroatoms. The Morgan fingerprint density at radius 2 is 1.63 bits per heavy atom. The monoisotopic (exact) mass is 440 g/mol. The van der Waals surface area contributed by atoms with Crippen LogP contribution in [0, 0.1) is 17.8 Å². The second-order valence-corrected chi connectivity index (χ2v) is 10.3. The van der Waals surface area contributed by atoms with E-state index in [1.54, 1.807) is 30.3 Å². The second kappa shape index (κ2) is 9.15. The molecule has 3 nitrogen and oxygen atoms in total. The van der Waals surface area contributed by atoms with E-state index in [2.05, 4.69) is 20.8 Å². The van der Waals surface area contributed by atoms with Crippen LogP contribution in [0.15, 0.2) is 54.6 Å². The first kappa shape index (κ1) is 22.9. The summed E-state index contributed by atoms with van der Waals surface area (Å²) in [7, 11) is -3.80. The van der Waals surface area contributed by atoms with Crippen LogP contribution < -0.4 is 9.83 Å². The standard InChI is InChI=1S/C23H28F3O3P/c1-16(2)21-14-9-17(3)15-22(21)29-30(27,20-7-5-4-6-8-20)28-19-12-10-18(11-13-19)23(24,25)26/h4-8,10-13,16-17,21-22H,9,14-15H2,1-3H3/t17-,21+,22-,30?/m0/s1. The largest absolute Gasteiger partial charge is 0.421 e. The smallest absolute Gasteiger partial charge is 0.416 e. The summed E-state index contributed by atoms with van der Waals surface area (Å²) in [6.07, 6.45) is -1.83. The van der Waals surface area contributed by atoms with Crippen LogP contribution in [0.25, 0.3) is 0 Å². The maximum Gasteiger partial charge on any atom is 0.416 e. The van der Waals surface area contributed by atoms with Crippen molar-refractivity contribution in [1.29, 1.82) is 0 Å². The van der Waals surface area contributed by atoms with Crippen molar-refractivity contribution in [3.63, 3.8) is 0 Å². The fraction of sp³-hybridized carbons (Fsp3) is 0.478. The third kappa shape index (κ3) is 5.47. The summed E-state index contributed by atoms with van der Waals surface area (Å²) in [5.41, 5.74) is -0.786. The predicted octanol–water partition coefficient (Wildman–Crippen LogP) is 7.08. The molecule has 0 bridgehead atoms. The van der Waals surface area contributed by atoms with Crippen molar-refractivity contribution in [1.82, 2.24) is 0 Å². The summed E-state index contributed by atoms with van der Waals surface area (Å²) >= 11 is 0. The van der Waals surface area contributed by atoms with Gasteiger partial charge in [-0.2, -0.15) is 13.2 Å². The van der Waals surface area contributed by atoms with Crippen molar-refractivity contribution in [2.45, 2.75) is 52.3 Å². The summed E-state index contributed by atoms with van der Waals surface area (Å²) in [4.78, 5) is 0. The van der Waals surface area contributed by atoms with E-state index >= 15 is 0 Å². The number of hydrogen-bond acceptors (Lipinski definition) is 3. The molecular formula is C23H28F3O3P. The Morgan fingerprint density at radius 1 is 1.00 bits per heavy atom. The summed E-state index contributed by atoms with van der Waals surface area (Å²) < 4.78 is 64.6. The molecule has 164 valence electrons. The van der Waals surface area contributed by atoms with Crippen LogP contribution in [0.4, 0.5) is 13.2 Å². The van der Waals surface area contributed by atoms with Gasteiger partial charge in [-0.25, -0.2) is 4.57 Å². The zero-order valence-electron chi connectivity index (χ0n) is 17.4. The molecule has 0 spiro atoms. The van der Waals surface area contributed by atoms with Gasteiger partial charge in [0.05, 0.1) is 17.0 Å². The van der Waals surface area contributed by atoms with Gasteiger partial charge in [-0.05, 0) is 67.0 Å². The topological polar surface area (TPSA) is 35.5 Å². The molecule has 1 saturated carbocycles. The Balaban J connectivity index is 1.91. The molecule has 1 aliphatic rings. The molecule has 0 aromatic heterocycles. The first-order valence-electron chi connectivity index (χ1n) is 10.3. The van der Waals surface area contributed by atoms with Crippen LogP contribution in [0.1, 0.15) is 45.6 Å². The quantitative estimate of drug-likeness (QED) is 0.450. The van der Waals surface area contributed by atoms with E-state index in [0.717, 1.165) is 31.4 Å². The van der Waals surface area contributed by atoms with Crippen molar-refractivity contribution < 1.29 is 26.8 Å². The predicted molar refractivity (Wildman–Crippen MR) is 112 cm³/mol. The Morgan fingerprint density at radius 3 is 2.20 bits per heavy atom. The second-order valence-electron chi connectivity index (χ2n) is 8.42. The zero-order chi connectivity index (χ0) is 21.9. The third-order valence-electron chi connectivity index (χ3n) is 5.72. The van der Waals surface area contributed by atoms with Gasteiger partial charge in [0.1, 0.15) is 5.75 Å². The van der Waals surface area contributed by atoms with Crippen molar-refractivity contribution in [2.24, 2.45) is 17.8 Å². The molecule has 2 aromatic rings. The molecule has 3 rings (SSSR count). The molecule has 0 amide bonds. The van der Waals surface area contributed by atoms with Gasteiger partial charge in [0.2, 0.25) is 0 Å². The van der Waals surface area contributed by atoms with E-state index < -0.39 is 19.3 Å². The molecule has 0 N–H and O–H groups in total. The van der Waals surface area contributed by atoms with E-state index in [1.165, 1.54) is 12.1 Å². The van der Waals surface area contributed by atoms with E-state index in [1.807, 2.05) is 0 Å². The van der Waals surface area contributed by atoms with Crippen LogP contribution >= 0.6 is 7.60 Å². The Hall–Kier alpha value is -1.78.